The van der Waals surface area contributed by atoms with Gasteiger partial charge in [-0.2, -0.15) is 13.2 Å². The molecule has 206 valence electrons. The summed E-state index contributed by atoms with van der Waals surface area (Å²) in [6.07, 6.45) is -4.21. The number of carbonyl (C=O) groups excluding carboxylic acids is 2. The van der Waals surface area contributed by atoms with Crippen LogP contribution in [0.3, 0.4) is 0 Å². The Hall–Kier alpha value is -4.50. The fourth-order valence-electron chi connectivity index (χ4n) is 4.17. The van der Waals surface area contributed by atoms with Crippen LogP contribution in [0.5, 0.6) is 0 Å². The molecule has 1 heterocycles. The molecule has 0 spiro atoms. The lowest BCUT2D eigenvalue weighted by Crippen LogP contribution is -2.20. The van der Waals surface area contributed by atoms with E-state index in [2.05, 4.69) is 15.6 Å². The Morgan fingerprint density at radius 2 is 1.60 bits per heavy atom. The lowest BCUT2D eigenvalue weighted by Gasteiger charge is -2.13. The van der Waals surface area contributed by atoms with Crippen molar-refractivity contribution in [3.63, 3.8) is 0 Å². The molecule has 0 aliphatic carbocycles. The van der Waals surface area contributed by atoms with Crippen molar-refractivity contribution in [3.8, 4) is 11.1 Å². The molecule has 0 aliphatic rings. The van der Waals surface area contributed by atoms with Crippen molar-refractivity contribution in [2.75, 3.05) is 5.32 Å². The fourth-order valence-corrected chi connectivity index (χ4v) is 4.17. The number of benzene rings is 3. The van der Waals surface area contributed by atoms with Gasteiger partial charge in [-0.3, -0.25) is 14.6 Å². The van der Waals surface area contributed by atoms with Crippen molar-refractivity contribution in [3.05, 3.63) is 119 Å². The van der Waals surface area contributed by atoms with Gasteiger partial charge in [0.15, 0.2) is 0 Å². The Kier molecular flexibility index (Phi) is 8.96. The number of halogens is 3. The smallest absolute Gasteiger partial charge is 0.387 e. The molecule has 0 fully saturated rings. The number of pyridine rings is 1. The summed E-state index contributed by atoms with van der Waals surface area (Å²) in [5.74, 6) is -0.542. The van der Waals surface area contributed by atoms with Crippen molar-refractivity contribution < 1.29 is 27.9 Å². The number of aryl methyl sites for hydroxylation is 1. The van der Waals surface area contributed by atoms with E-state index in [-0.39, 0.29) is 18.4 Å². The van der Waals surface area contributed by atoms with Crippen LogP contribution in [0, 0.1) is 0 Å². The van der Waals surface area contributed by atoms with E-state index in [1.54, 1.807) is 54.6 Å². The molecule has 1 unspecified atom stereocenters. The second-order valence-electron chi connectivity index (χ2n) is 9.29. The molecule has 9 heteroatoms. The minimum Gasteiger partial charge on any atom is -0.387 e. The molecule has 0 bridgehead atoms. The standard InChI is InChI=1S/C31H28F3N3O3/c1-20(38)35-19-25-5-4-8-28(36-25)29(39)18-11-21-9-16-24(17-10-21)37-30(40)27-7-3-2-6-26(27)22-12-14-23(15-13-22)31(32,33)34/h2-10,12-17,29,39H,11,18-19H2,1H3,(H,35,38)(H,37,40). The molecule has 1 aromatic heterocycles. The summed E-state index contributed by atoms with van der Waals surface area (Å²) in [5.41, 5.74) is 3.31. The fraction of sp³-hybridized carbons (Fsp3) is 0.194. The molecule has 0 aliphatic heterocycles. The number of amides is 2. The van der Waals surface area contributed by atoms with Crippen molar-refractivity contribution in [2.45, 2.75) is 38.6 Å². The van der Waals surface area contributed by atoms with Crippen molar-refractivity contribution in [2.24, 2.45) is 0 Å². The van der Waals surface area contributed by atoms with Gasteiger partial charge in [-0.05, 0) is 72.0 Å². The maximum atomic E-state index is 13.0. The Labute approximate surface area is 229 Å². The van der Waals surface area contributed by atoms with Crippen molar-refractivity contribution in [1.29, 1.82) is 0 Å². The number of aliphatic hydroxyl groups excluding tert-OH is 1. The Balaban J connectivity index is 1.37. The summed E-state index contributed by atoms with van der Waals surface area (Å²) in [6.45, 7) is 1.72. The highest BCUT2D eigenvalue weighted by atomic mass is 19.4. The molecule has 4 aromatic rings. The first kappa shape index (κ1) is 28.5. The molecule has 0 saturated carbocycles. The summed E-state index contributed by atoms with van der Waals surface area (Å²) in [7, 11) is 0. The van der Waals surface area contributed by atoms with E-state index in [0.29, 0.717) is 46.6 Å². The van der Waals surface area contributed by atoms with Gasteiger partial charge >= 0.3 is 6.18 Å². The first-order valence-electron chi connectivity index (χ1n) is 12.7. The van der Waals surface area contributed by atoms with E-state index in [1.807, 2.05) is 12.1 Å². The van der Waals surface area contributed by atoms with E-state index in [4.69, 9.17) is 0 Å². The first-order valence-corrected chi connectivity index (χ1v) is 12.7. The van der Waals surface area contributed by atoms with Gasteiger partial charge in [-0.15, -0.1) is 0 Å². The number of aliphatic hydroxyl groups is 1. The normalized spacial score (nSPS) is 12.0. The third-order valence-electron chi connectivity index (χ3n) is 6.30. The van der Waals surface area contributed by atoms with E-state index >= 15 is 0 Å². The number of anilines is 1. The van der Waals surface area contributed by atoms with E-state index in [0.717, 1.165) is 17.7 Å². The number of hydrogen-bond acceptors (Lipinski definition) is 4. The molecule has 2 amide bonds. The van der Waals surface area contributed by atoms with Crippen LogP contribution < -0.4 is 10.6 Å². The van der Waals surface area contributed by atoms with Gasteiger partial charge in [0.25, 0.3) is 5.91 Å². The molecule has 0 radical (unpaired) electrons. The first-order chi connectivity index (χ1) is 19.1. The van der Waals surface area contributed by atoms with Gasteiger partial charge in [0.1, 0.15) is 0 Å². The highest BCUT2D eigenvalue weighted by Gasteiger charge is 2.30. The lowest BCUT2D eigenvalue weighted by atomic mass is 9.98. The van der Waals surface area contributed by atoms with E-state index in [1.165, 1.54) is 19.1 Å². The van der Waals surface area contributed by atoms with Gasteiger partial charge in [0.05, 0.1) is 29.6 Å². The number of carbonyl (C=O) groups is 2. The minimum atomic E-state index is -4.43. The zero-order valence-corrected chi connectivity index (χ0v) is 21.7. The van der Waals surface area contributed by atoms with Crippen molar-refractivity contribution >= 4 is 17.5 Å². The maximum Gasteiger partial charge on any atom is 0.416 e. The second kappa shape index (κ2) is 12.6. The third kappa shape index (κ3) is 7.54. The second-order valence-corrected chi connectivity index (χ2v) is 9.29. The van der Waals surface area contributed by atoms with Crippen LogP contribution in [0.4, 0.5) is 18.9 Å². The number of rotatable bonds is 9. The Morgan fingerprint density at radius 1 is 0.900 bits per heavy atom. The van der Waals surface area contributed by atoms with Gasteiger partial charge in [0, 0.05) is 18.2 Å². The van der Waals surface area contributed by atoms with Crippen LogP contribution in [0.2, 0.25) is 0 Å². The molecular formula is C31H28F3N3O3. The van der Waals surface area contributed by atoms with Crippen LogP contribution in [0.25, 0.3) is 11.1 Å². The highest BCUT2D eigenvalue weighted by molar-refractivity contribution is 6.08. The third-order valence-corrected chi connectivity index (χ3v) is 6.30. The lowest BCUT2D eigenvalue weighted by molar-refractivity contribution is -0.137. The molecular weight excluding hydrogens is 519 g/mol. The van der Waals surface area contributed by atoms with Gasteiger partial charge < -0.3 is 15.7 Å². The largest absolute Gasteiger partial charge is 0.416 e. The van der Waals surface area contributed by atoms with Gasteiger partial charge in [-0.25, -0.2) is 0 Å². The van der Waals surface area contributed by atoms with Crippen molar-refractivity contribution in [1.82, 2.24) is 10.3 Å². The quantitative estimate of drug-likeness (QED) is 0.229. The summed E-state index contributed by atoms with van der Waals surface area (Å²) >= 11 is 0. The maximum absolute atomic E-state index is 13.0. The minimum absolute atomic E-state index is 0.157. The zero-order chi connectivity index (χ0) is 28.7. The Bertz CT molecular complexity index is 1470. The van der Waals surface area contributed by atoms with Gasteiger partial charge in [-0.1, -0.05) is 48.5 Å². The summed E-state index contributed by atoms with van der Waals surface area (Å²) in [5, 5.41) is 16.1. The predicted octanol–water partition coefficient (Wildman–Crippen LogP) is 6.32. The number of aromatic nitrogens is 1. The summed E-state index contributed by atoms with van der Waals surface area (Å²) in [6, 6.07) is 24.0. The monoisotopic (exact) mass is 547 g/mol. The average Bonchev–Trinajstić information content (AvgIpc) is 2.95. The average molecular weight is 548 g/mol. The number of hydrogen-bond donors (Lipinski definition) is 3. The molecule has 40 heavy (non-hydrogen) atoms. The van der Waals surface area contributed by atoms with Crippen LogP contribution in [0.1, 0.15) is 52.3 Å². The molecule has 4 rings (SSSR count). The van der Waals surface area contributed by atoms with Crippen LogP contribution in [-0.2, 0) is 23.9 Å². The highest BCUT2D eigenvalue weighted by Crippen LogP contribution is 2.32. The summed E-state index contributed by atoms with van der Waals surface area (Å²) in [4.78, 5) is 28.6. The molecule has 6 nitrogen and oxygen atoms in total. The van der Waals surface area contributed by atoms with Crippen LogP contribution in [-0.4, -0.2) is 21.9 Å². The molecule has 3 N–H and O–H groups in total. The molecule has 3 aromatic carbocycles. The predicted molar refractivity (Wildman–Crippen MR) is 146 cm³/mol. The number of nitrogens with zero attached hydrogens (tertiary/aromatic N) is 1. The van der Waals surface area contributed by atoms with Gasteiger partial charge in [0.2, 0.25) is 5.91 Å². The van der Waals surface area contributed by atoms with Crippen LogP contribution in [0.15, 0.2) is 91.0 Å². The number of alkyl halides is 3. The molecule has 0 saturated heterocycles. The summed E-state index contributed by atoms with van der Waals surface area (Å²) < 4.78 is 38.8. The van der Waals surface area contributed by atoms with E-state index < -0.39 is 17.8 Å². The number of nitrogens with one attached hydrogen (secondary N) is 2. The van der Waals surface area contributed by atoms with Crippen LogP contribution >= 0.6 is 0 Å². The molecule has 1 atom stereocenters. The SMILES string of the molecule is CC(=O)NCc1cccc(C(O)CCc2ccc(NC(=O)c3ccccc3-c3ccc(C(F)(F)F)cc3)cc2)n1. The zero-order valence-electron chi connectivity index (χ0n) is 21.7. The van der Waals surface area contributed by atoms with E-state index in [9.17, 15) is 27.9 Å². The Morgan fingerprint density at radius 3 is 2.27 bits per heavy atom. The topological polar surface area (TPSA) is 91.3 Å².